The van der Waals surface area contributed by atoms with Gasteiger partial charge in [0.15, 0.2) is 0 Å². The number of phenolic OH excluding ortho intramolecular Hbond substituents is 1. The summed E-state index contributed by atoms with van der Waals surface area (Å²) in [6.07, 6.45) is 1.47. The lowest BCUT2D eigenvalue weighted by Gasteiger charge is -2.18. The molecule has 0 bridgehead atoms. The highest BCUT2D eigenvalue weighted by Crippen LogP contribution is 2.24. The maximum atomic E-state index is 9.83. The van der Waals surface area contributed by atoms with E-state index in [1.807, 2.05) is 26.0 Å². The summed E-state index contributed by atoms with van der Waals surface area (Å²) in [7, 11) is 0. The number of aryl methyl sites for hydroxylation is 1. The van der Waals surface area contributed by atoms with E-state index in [1.54, 1.807) is 6.07 Å². The molecule has 96 valence electrons. The lowest BCUT2D eigenvalue weighted by atomic mass is 10.0. The second-order valence-corrected chi connectivity index (χ2v) is 4.63. The van der Waals surface area contributed by atoms with E-state index in [0.29, 0.717) is 12.3 Å². The van der Waals surface area contributed by atoms with Gasteiger partial charge in [-0.15, -0.1) is 0 Å². The number of aliphatic hydroxyl groups is 1. The third-order valence-corrected chi connectivity index (χ3v) is 2.93. The van der Waals surface area contributed by atoms with Gasteiger partial charge in [-0.2, -0.15) is 0 Å². The van der Waals surface area contributed by atoms with Gasteiger partial charge in [-0.05, 0) is 31.9 Å². The molecule has 0 heterocycles. The maximum absolute atomic E-state index is 9.83. The Bertz CT molecular complexity index is 352. The molecule has 17 heavy (non-hydrogen) atoms. The Labute approximate surface area is 103 Å². The minimum Gasteiger partial charge on any atom is -0.508 e. The predicted molar refractivity (Wildman–Crippen MR) is 70.2 cm³/mol. The Morgan fingerprint density at radius 2 is 2.06 bits per heavy atom. The smallest absolute Gasteiger partial charge is 0.120 e. The molecule has 3 N–H and O–H groups in total. The fraction of sp³-hybridized carbons (Fsp3) is 0.571. The van der Waals surface area contributed by atoms with E-state index in [9.17, 15) is 10.2 Å². The van der Waals surface area contributed by atoms with E-state index in [4.69, 9.17) is 0 Å². The summed E-state index contributed by atoms with van der Waals surface area (Å²) >= 11 is 0. The normalized spacial score (nSPS) is 14.6. The highest BCUT2D eigenvalue weighted by atomic mass is 16.3. The van der Waals surface area contributed by atoms with Crippen molar-refractivity contribution in [3.8, 4) is 5.75 Å². The lowest BCUT2D eigenvalue weighted by molar-refractivity contribution is 0.157. The van der Waals surface area contributed by atoms with Gasteiger partial charge in [0.2, 0.25) is 0 Å². The number of hydrogen-bond donors (Lipinski definition) is 3. The maximum Gasteiger partial charge on any atom is 0.120 e. The molecule has 3 nitrogen and oxygen atoms in total. The van der Waals surface area contributed by atoms with Crippen LogP contribution in [0.3, 0.4) is 0 Å². The first-order valence-corrected chi connectivity index (χ1v) is 6.25. The molecule has 0 saturated carbocycles. The first kappa shape index (κ1) is 14.0. The number of rotatable bonds is 6. The van der Waals surface area contributed by atoms with Crippen LogP contribution in [0.2, 0.25) is 0 Å². The number of hydrogen-bond acceptors (Lipinski definition) is 3. The van der Waals surface area contributed by atoms with Crippen molar-refractivity contribution in [2.24, 2.45) is 0 Å². The fourth-order valence-corrected chi connectivity index (χ4v) is 1.88. The number of nitrogens with one attached hydrogen (secondary N) is 1. The summed E-state index contributed by atoms with van der Waals surface area (Å²) in [5, 5.41) is 22.7. The Balaban J connectivity index is 2.54. The molecular formula is C14H23NO2. The average molecular weight is 237 g/mol. The molecule has 0 amide bonds. The third kappa shape index (κ3) is 4.36. The van der Waals surface area contributed by atoms with E-state index in [2.05, 4.69) is 12.2 Å². The highest BCUT2D eigenvalue weighted by molar-refractivity contribution is 5.37. The van der Waals surface area contributed by atoms with Gasteiger partial charge in [0.1, 0.15) is 5.75 Å². The van der Waals surface area contributed by atoms with Crippen LogP contribution in [0, 0.1) is 6.92 Å². The zero-order valence-corrected chi connectivity index (χ0v) is 10.9. The van der Waals surface area contributed by atoms with Crippen LogP contribution in [0.15, 0.2) is 18.2 Å². The SMILES string of the molecule is CCCC(O)CNC(C)c1ccc(C)cc1O. The van der Waals surface area contributed by atoms with Gasteiger partial charge in [-0.1, -0.05) is 25.5 Å². The molecule has 2 unspecified atom stereocenters. The standard InChI is InChI=1S/C14H23NO2/c1-4-5-12(16)9-15-11(3)13-7-6-10(2)8-14(13)17/h6-8,11-12,15-17H,4-5,9H2,1-3H3. The van der Waals surface area contributed by atoms with E-state index in [0.717, 1.165) is 24.0 Å². The molecule has 0 spiro atoms. The van der Waals surface area contributed by atoms with Gasteiger partial charge in [0.05, 0.1) is 6.10 Å². The van der Waals surface area contributed by atoms with Crippen LogP contribution in [0.5, 0.6) is 5.75 Å². The summed E-state index contributed by atoms with van der Waals surface area (Å²) < 4.78 is 0. The van der Waals surface area contributed by atoms with Crippen LogP contribution in [-0.2, 0) is 0 Å². The van der Waals surface area contributed by atoms with Gasteiger partial charge in [-0.3, -0.25) is 0 Å². The summed E-state index contributed by atoms with van der Waals surface area (Å²) in [6, 6.07) is 5.71. The summed E-state index contributed by atoms with van der Waals surface area (Å²) in [5.74, 6) is 0.315. The molecule has 0 aliphatic rings. The Morgan fingerprint density at radius 1 is 1.35 bits per heavy atom. The van der Waals surface area contributed by atoms with Gasteiger partial charge < -0.3 is 15.5 Å². The monoisotopic (exact) mass is 237 g/mol. The first-order valence-electron chi connectivity index (χ1n) is 6.25. The van der Waals surface area contributed by atoms with Crippen molar-refractivity contribution in [1.82, 2.24) is 5.32 Å². The zero-order valence-electron chi connectivity index (χ0n) is 10.9. The predicted octanol–water partition coefficient (Wildman–Crippen LogP) is 2.51. The average Bonchev–Trinajstić information content (AvgIpc) is 2.26. The minimum absolute atomic E-state index is 0.0436. The van der Waals surface area contributed by atoms with Crippen LogP contribution in [0.1, 0.15) is 43.9 Å². The van der Waals surface area contributed by atoms with Crippen molar-refractivity contribution in [3.63, 3.8) is 0 Å². The summed E-state index contributed by atoms with van der Waals surface area (Å²) in [5.41, 5.74) is 1.92. The van der Waals surface area contributed by atoms with Gasteiger partial charge >= 0.3 is 0 Å². The summed E-state index contributed by atoms with van der Waals surface area (Å²) in [6.45, 7) is 6.55. The van der Waals surface area contributed by atoms with Gasteiger partial charge in [-0.25, -0.2) is 0 Å². The van der Waals surface area contributed by atoms with Crippen LogP contribution in [-0.4, -0.2) is 22.9 Å². The van der Waals surface area contributed by atoms with Crippen LogP contribution < -0.4 is 5.32 Å². The Morgan fingerprint density at radius 3 is 2.65 bits per heavy atom. The quantitative estimate of drug-likeness (QED) is 0.712. The fourth-order valence-electron chi connectivity index (χ4n) is 1.88. The van der Waals surface area contributed by atoms with E-state index in [1.165, 1.54) is 0 Å². The second kappa shape index (κ2) is 6.62. The molecule has 0 aliphatic carbocycles. The lowest BCUT2D eigenvalue weighted by Crippen LogP contribution is -2.29. The molecule has 0 aliphatic heterocycles. The molecule has 2 atom stereocenters. The molecule has 0 radical (unpaired) electrons. The number of aromatic hydroxyl groups is 1. The van der Waals surface area contributed by atoms with Crippen molar-refractivity contribution < 1.29 is 10.2 Å². The zero-order chi connectivity index (χ0) is 12.8. The molecule has 1 aromatic rings. The molecule has 1 aromatic carbocycles. The number of aliphatic hydroxyl groups excluding tert-OH is 1. The molecule has 1 rings (SSSR count). The Kier molecular flexibility index (Phi) is 5.45. The highest BCUT2D eigenvalue weighted by Gasteiger charge is 2.11. The van der Waals surface area contributed by atoms with Crippen molar-refractivity contribution in [3.05, 3.63) is 29.3 Å². The van der Waals surface area contributed by atoms with Crippen LogP contribution in [0.25, 0.3) is 0 Å². The van der Waals surface area contributed by atoms with Crippen molar-refractivity contribution in [2.45, 2.75) is 45.8 Å². The summed E-state index contributed by atoms with van der Waals surface area (Å²) in [4.78, 5) is 0. The molecule has 0 fully saturated rings. The topological polar surface area (TPSA) is 52.5 Å². The van der Waals surface area contributed by atoms with Crippen LogP contribution in [0.4, 0.5) is 0 Å². The number of phenols is 1. The van der Waals surface area contributed by atoms with Crippen LogP contribution >= 0.6 is 0 Å². The third-order valence-electron chi connectivity index (χ3n) is 2.93. The number of benzene rings is 1. The van der Waals surface area contributed by atoms with E-state index in [-0.39, 0.29) is 12.1 Å². The second-order valence-electron chi connectivity index (χ2n) is 4.63. The van der Waals surface area contributed by atoms with Gasteiger partial charge in [0.25, 0.3) is 0 Å². The Hall–Kier alpha value is -1.06. The molecule has 0 aromatic heterocycles. The van der Waals surface area contributed by atoms with E-state index >= 15 is 0 Å². The molecule has 0 saturated heterocycles. The largest absolute Gasteiger partial charge is 0.508 e. The van der Waals surface area contributed by atoms with Gasteiger partial charge in [0, 0.05) is 18.2 Å². The van der Waals surface area contributed by atoms with E-state index < -0.39 is 0 Å². The molecule has 3 heteroatoms. The van der Waals surface area contributed by atoms with Crippen molar-refractivity contribution >= 4 is 0 Å². The first-order chi connectivity index (χ1) is 8.04. The minimum atomic E-state index is -0.310. The van der Waals surface area contributed by atoms with Crippen molar-refractivity contribution in [2.75, 3.05) is 6.54 Å². The van der Waals surface area contributed by atoms with Crippen molar-refractivity contribution in [1.29, 1.82) is 0 Å². The molecular weight excluding hydrogens is 214 g/mol.